The molecule has 0 aromatic rings. The van der Waals surface area contributed by atoms with E-state index in [2.05, 4.69) is 5.32 Å². The number of ether oxygens (including phenoxy) is 2. The number of aliphatic carboxylic acids is 1. The van der Waals surface area contributed by atoms with Crippen molar-refractivity contribution in [1.29, 1.82) is 0 Å². The van der Waals surface area contributed by atoms with Gasteiger partial charge in [0.2, 0.25) is 0 Å². The first-order valence-corrected chi connectivity index (χ1v) is 6.43. The topological polar surface area (TPSA) is 84.9 Å². The van der Waals surface area contributed by atoms with Crippen LogP contribution in [0.5, 0.6) is 0 Å². The summed E-state index contributed by atoms with van der Waals surface area (Å²) in [5, 5.41) is 11.8. The van der Waals surface area contributed by atoms with Crippen molar-refractivity contribution in [2.45, 2.75) is 57.8 Å². The summed E-state index contributed by atoms with van der Waals surface area (Å²) in [6.07, 6.45) is -0.0431. The molecule has 0 aromatic carbocycles. The Hall–Kier alpha value is -1.30. The van der Waals surface area contributed by atoms with Gasteiger partial charge in [0.1, 0.15) is 5.60 Å². The molecule has 0 aromatic heterocycles. The second-order valence-electron chi connectivity index (χ2n) is 6.86. The lowest BCUT2D eigenvalue weighted by Crippen LogP contribution is -2.52. The number of hydrogen-bond acceptors (Lipinski definition) is 4. The minimum Gasteiger partial charge on any atom is -0.479 e. The zero-order valence-corrected chi connectivity index (χ0v) is 11.8. The van der Waals surface area contributed by atoms with Gasteiger partial charge in [-0.1, -0.05) is 0 Å². The molecule has 0 spiro atoms. The van der Waals surface area contributed by atoms with Crippen LogP contribution in [0.1, 0.15) is 40.5 Å². The van der Waals surface area contributed by atoms with Crippen molar-refractivity contribution in [3.05, 3.63) is 0 Å². The van der Waals surface area contributed by atoms with Crippen molar-refractivity contribution in [2.24, 2.45) is 5.41 Å². The van der Waals surface area contributed by atoms with Crippen LogP contribution < -0.4 is 5.32 Å². The number of carbonyl (C=O) groups is 2. The third-order valence-electron chi connectivity index (χ3n) is 3.62. The van der Waals surface area contributed by atoms with Crippen LogP contribution in [-0.2, 0) is 14.3 Å². The summed E-state index contributed by atoms with van der Waals surface area (Å²) in [5.41, 5.74) is -1.40. The molecule has 3 rings (SSSR count). The summed E-state index contributed by atoms with van der Waals surface area (Å²) in [6, 6.07) is 0. The second kappa shape index (κ2) is 4.10. The number of amides is 1. The maximum Gasteiger partial charge on any atom is 0.407 e. The molecule has 2 aliphatic heterocycles. The highest BCUT2D eigenvalue weighted by atomic mass is 16.6. The largest absolute Gasteiger partial charge is 0.479 e. The first kappa shape index (κ1) is 14.1. The van der Waals surface area contributed by atoms with Crippen LogP contribution in [0, 0.1) is 5.41 Å². The fraction of sp³-hybridized carbons (Fsp3) is 0.846. The Morgan fingerprint density at radius 1 is 1.42 bits per heavy atom. The molecule has 1 atom stereocenters. The van der Waals surface area contributed by atoms with E-state index < -0.39 is 29.2 Å². The van der Waals surface area contributed by atoms with Crippen LogP contribution in [0.2, 0.25) is 0 Å². The molecule has 1 unspecified atom stereocenters. The molecule has 2 saturated heterocycles. The van der Waals surface area contributed by atoms with Crippen molar-refractivity contribution in [3.63, 3.8) is 0 Å². The lowest BCUT2D eigenvalue weighted by molar-refractivity contribution is -0.150. The predicted molar refractivity (Wildman–Crippen MR) is 66.8 cm³/mol. The average Bonchev–Trinajstić information content (AvgIpc) is 2.61. The van der Waals surface area contributed by atoms with Gasteiger partial charge in [0.15, 0.2) is 6.10 Å². The summed E-state index contributed by atoms with van der Waals surface area (Å²) < 4.78 is 10.7. The van der Waals surface area contributed by atoms with Crippen LogP contribution in [0.4, 0.5) is 4.79 Å². The van der Waals surface area contributed by atoms with Gasteiger partial charge in [0.25, 0.3) is 0 Å². The summed E-state index contributed by atoms with van der Waals surface area (Å²) >= 11 is 0. The molecule has 0 radical (unpaired) electrons. The molecule has 1 saturated carbocycles. The standard InChI is InChI=1S/C13H21NO5/c1-11(2,3)19-10(17)14-7-13-5-12(4,6-13)18-8(13)9(15)16/h8H,5-7H2,1-4H3,(H,14,17)(H,15,16). The second-order valence-corrected chi connectivity index (χ2v) is 6.86. The molecule has 3 fully saturated rings. The Labute approximate surface area is 112 Å². The number of fused-ring (bicyclic) bond motifs is 1. The summed E-state index contributed by atoms with van der Waals surface area (Å²) in [7, 11) is 0. The quantitative estimate of drug-likeness (QED) is 0.813. The van der Waals surface area contributed by atoms with Gasteiger partial charge >= 0.3 is 12.1 Å². The number of carboxylic acid groups (broad SMARTS) is 1. The highest BCUT2D eigenvalue weighted by Gasteiger charge is 2.67. The molecule has 2 N–H and O–H groups in total. The normalized spacial score (nSPS) is 36.5. The van der Waals surface area contributed by atoms with E-state index in [1.54, 1.807) is 20.8 Å². The van der Waals surface area contributed by atoms with E-state index in [4.69, 9.17) is 9.47 Å². The zero-order chi connectivity index (χ0) is 14.5. The summed E-state index contributed by atoms with van der Waals surface area (Å²) in [5.74, 6) is -0.966. The van der Waals surface area contributed by atoms with E-state index in [1.807, 2.05) is 6.92 Å². The van der Waals surface area contributed by atoms with E-state index >= 15 is 0 Å². The molecular weight excluding hydrogens is 250 g/mol. The zero-order valence-electron chi connectivity index (χ0n) is 11.8. The summed E-state index contributed by atoms with van der Waals surface area (Å²) in [4.78, 5) is 22.8. The van der Waals surface area contributed by atoms with E-state index in [1.165, 1.54) is 0 Å². The highest BCUT2D eigenvalue weighted by Crippen LogP contribution is 2.61. The van der Waals surface area contributed by atoms with Gasteiger partial charge in [-0.25, -0.2) is 9.59 Å². The molecule has 19 heavy (non-hydrogen) atoms. The van der Waals surface area contributed by atoms with Gasteiger partial charge < -0.3 is 19.9 Å². The molecule has 3 aliphatic rings. The van der Waals surface area contributed by atoms with Crippen LogP contribution in [0.3, 0.4) is 0 Å². The molecule has 1 aliphatic carbocycles. The Bertz CT molecular complexity index is 406. The van der Waals surface area contributed by atoms with Crippen molar-refractivity contribution in [3.8, 4) is 0 Å². The third kappa shape index (κ3) is 2.68. The monoisotopic (exact) mass is 271 g/mol. The van der Waals surface area contributed by atoms with E-state index in [-0.39, 0.29) is 12.1 Å². The van der Waals surface area contributed by atoms with Gasteiger partial charge in [0.05, 0.1) is 5.60 Å². The molecule has 2 bridgehead atoms. The maximum absolute atomic E-state index is 11.6. The van der Waals surface area contributed by atoms with E-state index in [0.717, 1.165) is 0 Å². The Morgan fingerprint density at radius 3 is 2.47 bits per heavy atom. The lowest BCUT2D eigenvalue weighted by atomic mass is 9.60. The van der Waals surface area contributed by atoms with Gasteiger partial charge in [-0.2, -0.15) is 0 Å². The minimum absolute atomic E-state index is 0.272. The average molecular weight is 271 g/mol. The third-order valence-corrected chi connectivity index (χ3v) is 3.62. The molecule has 1 amide bonds. The highest BCUT2D eigenvalue weighted by molar-refractivity contribution is 5.75. The van der Waals surface area contributed by atoms with E-state index in [9.17, 15) is 14.7 Å². The van der Waals surface area contributed by atoms with Gasteiger partial charge in [-0.15, -0.1) is 0 Å². The number of carboxylic acids is 1. The van der Waals surface area contributed by atoms with Crippen molar-refractivity contribution in [1.82, 2.24) is 5.32 Å². The van der Waals surface area contributed by atoms with Crippen LogP contribution in [-0.4, -0.2) is 41.0 Å². The van der Waals surface area contributed by atoms with Crippen LogP contribution in [0.25, 0.3) is 0 Å². The smallest absolute Gasteiger partial charge is 0.407 e. The van der Waals surface area contributed by atoms with Gasteiger partial charge in [-0.3, -0.25) is 0 Å². The Morgan fingerprint density at radius 2 is 2.00 bits per heavy atom. The Kier molecular flexibility index (Phi) is 3.04. The number of carbonyl (C=O) groups excluding carboxylic acids is 1. The summed E-state index contributed by atoms with van der Waals surface area (Å²) in [6.45, 7) is 7.52. The first-order chi connectivity index (χ1) is 8.55. The van der Waals surface area contributed by atoms with Crippen molar-refractivity contribution >= 4 is 12.1 Å². The number of rotatable bonds is 3. The first-order valence-electron chi connectivity index (χ1n) is 6.43. The fourth-order valence-corrected chi connectivity index (χ4v) is 3.21. The molecular formula is C13H21NO5. The number of nitrogens with one attached hydrogen (secondary N) is 1. The Balaban J connectivity index is 1.93. The number of alkyl carbamates (subject to hydrolysis) is 1. The SMILES string of the molecule is CC(C)(C)OC(=O)NCC12CC(C)(C1)OC2C(=O)O. The van der Waals surface area contributed by atoms with Crippen LogP contribution in [0.15, 0.2) is 0 Å². The molecule has 108 valence electrons. The maximum atomic E-state index is 11.6. The van der Waals surface area contributed by atoms with Crippen molar-refractivity contribution in [2.75, 3.05) is 6.54 Å². The van der Waals surface area contributed by atoms with Crippen molar-refractivity contribution < 1.29 is 24.2 Å². The molecule has 2 heterocycles. The number of hydrogen-bond donors (Lipinski definition) is 2. The van der Waals surface area contributed by atoms with Gasteiger partial charge in [0, 0.05) is 12.0 Å². The minimum atomic E-state index is -0.966. The fourth-order valence-electron chi connectivity index (χ4n) is 3.21. The molecule has 6 nitrogen and oxygen atoms in total. The lowest BCUT2D eigenvalue weighted by Gasteiger charge is -2.42. The van der Waals surface area contributed by atoms with E-state index in [0.29, 0.717) is 12.8 Å². The van der Waals surface area contributed by atoms with Gasteiger partial charge in [-0.05, 0) is 40.5 Å². The molecule has 6 heteroatoms. The predicted octanol–water partition coefficient (Wildman–Crippen LogP) is 1.53. The van der Waals surface area contributed by atoms with Crippen LogP contribution >= 0.6 is 0 Å².